The van der Waals surface area contributed by atoms with Gasteiger partial charge in [0.05, 0.1) is 0 Å². The fourth-order valence-corrected chi connectivity index (χ4v) is 3.76. The molecule has 2 heterocycles. The third-order valence-corrected chi connectivity index (χ3v) is 5.65. The summed E-state index contributed by atoms with van der Waals surface area (Å²) in [5, 5.41) is 6.92. The molecule has 3 rings (SSSR count). The van der Waals surface area contributed by atoms with Crippen molar-refractivity contribution in [2.24, 2.45) is 4.99 Å². The van der Waals surface area contributed by atoms with Gasteiger partial charge in [-0.05, 0) is 43.4 Å². The molecule has 8 heteroatoms. The second-order valence-electron chi connectivity index (χ2n) is 7.63. The number of nitrogens with zero attached hydrogens (tertiary/aromatic N) is 1. The first kappa shape index (κ1) is 25.0. The standard InChI is InChI=1S/C22H35N3O4.HI/c1-3-4-11-26-12-5-10-24-21(23-2)25-16-22(8-13-27-14-9-22)18-6-7-19-20(15-18)29-17-28-19;/h6-7,15H,3-5,8-14,16-17H2,1-2H3,(H2,23,24,25);1H. The molecule has 2 aliphatic rings. The Morgan fingerprint density at radius 3 is 2.63 bits per heavy atom. The van der Waals surface area contributed by atoms with Gasteiger partial charge < -0.3 is 29.6 Å². The Morgan fingerprint density at radius 2 is 1.87 bits per heavy atom. The lowest BCUT2D eigenvalue weighted by atomic mass is 9.74. The molecule has 7 nitrogen and oxygen atoms in total. The fourth-order valence-electron chi connectivity index (χ4n) is 3.76. The van der Waals surface area contributed by atoms with E-state index >= 15 is 0 Å². The van der Waals surface area contributed by atoms with Crippen molar-refractivity contribution in [2.45, 2.75) is 44.4 Å². The highest BCUT2D eigenvalue weighted by Crippen LogP contribution is 2.40. The van der Waals surface area contributed by atoms with Crippen LogP contribution in [0.1, 0.15) is 44.6 Å². The van der Waals surface area contributed by atoms with Crippen LogP contribution in [0.3, 0.4) is 0 Å². The lowest BCUT2D eigenvalue weighted by molar-refractivity contribution is 0.0513. The predicted molar refractivity (Wildman–Crippen MR) is 129 cm³/mol. The summed E-state index contributed by atoms with van der Waals surface area (Å²) >= 11 is 0. The van der Waals surface area contributed by atoms with E-state index in [1.54, 1.807) is 0 Å². The summed E-state index contributed by atoms with van der Waals surface area (Å²) in [6.07, 6.45) is 5.18. The Morgan fingerprint density at radius 1 is 1.10 bits per heavy atom. The lowest BCUT2D eigenvalue weighted by Crippen LogP contribution is -2.48. The van der Waals surface area contributed by atoms with Crippen LogP contribution in [0.5, 0.6) is 11.5 Å². The molecule has 0 atom stereocenters. The Balaban J connectivity index is 0.00000320. The predicted octanol–water partition coefficient (Wildman–Crippen LogP) is 3.45. The number of halogens is 1. The molecule has 0 spiro atoms. The zero-order chi connectivity index (χ0) is 20.4. The van der Waals surface area contributed by atoms with Crippen molar-refractivity contribution < 1.29 is 18.9 Å². The van der Waals surface area contributed by atoms with Gasteiger partial charge in [-0.15, -0.1) is 24.0 Å². The zero-order valence-corrected chi connectivity index (χ0v) is 20.5. The van der Waals surface area contributed by atoms with Gasteiger partial charge in [0, 0.05) is 52.0 Å². The van der Waals surface area contributed by atoms with Gasteiger partial charge in [0.1, 0.15) is 0 Å². The topological polar surface area (TPSA) is 73.3 Å². The molecule has 1 aromatic carbocycles. The molecule has 1 fully saturated rings. The first-order valence-electron chi connectivity index (χ1n) is 10.8. The van der Waals surface area contributed by atoms with E-state index in [-0.39, 0.29) is 29.4 Å². The molecule has 0 unspecified atom stereocenters. The van der Waals surface area contributed by atoms with Crippen LogP contribution in [0, 0.1) is 0 Å². The minimum Gasteiger partial charge on any atom is -0.454 e. The highest BCUT2D eigenvalue weighted by molar-refractivity contribution is 14.0. The average molecular weight is 533 g/mol. The number of nitrogens with one attached hydrogen (secondary N) is 2. The lowest BCUT2D eigenvalue weighted by Gasteiger charge is -2.38. The van der Waals surface area contributed by atoms with E-state index in [0.29, 0.717) is 6.79 Å². The van der Waals surface area contributed by atoms with Crippen molar-refractivity contribution in [3.63, 3.8) is 0 Å². The molecule has 0 amide bonds. The number of benzene rings is 1. The van der Waals surface area contributed by atoms with Gasteiger partial charge in [0.15, 0.2) is 17.5 Å². The van der Waals surface area contributed by atoms with Crippen LogP contribution in [0.15, 0.2) is 23.2 Å². The summed E-state index contributed by atoms with van der Waals surface area (Å²) < 4.78 is 22.3. The second-order valence-corrected chi connectivity index (χ2v) is 7.63. The molecular weight excluding hydrogens is 497 g/mol. The number of guanidine groups is 1. The maximum atomic E-state index is 5.65. The first-order chi connectivity index (χ1) is 14.3. The molecule has 0 saturated carbocycles. The van der Waals surface area contributed by atoms with E-state index < -0.39 is 0 Å². The van der Waals surface area contributed by atoms with E-state index in [1.807, 2.05) is 13.1 Å². The summed E-state index contributed by atoms with van der Waals surface area (Å²) in [7, 11) is 1.81. The van der Waals surface area contributed by atoms with Gasteiger partial charge in [-0.25, -0.2) is 0 Å². The summed E-state index contributed by atoms with van der Waals surface area (Å²) in [6.45, 7) is 7.26. The summed E-state index contributed by atoms with van der Waals surface area (Å²) in [4.78, 5) is 4.38. The second kappa shape index (κ2) is 13.2. The molecule has 2 aliphatic heterocycles. The first-order valence-corrected chi connectivity index (χ1v) is 10.8. The van der Waals surface area contributed by atoms with Crippen molar-refractivity contribution in [1.29, 1.82) is 0 Å². The van der Waals surface area contributed by atoms with E-state index in [4.69, 9.17) is 18.9 Å². The number of unbranched alkanes of at least 4 members (excludes halogenated alkanes) is 1. The molecule has 0 radical (unpaired) electrons. The molecule has 1 aromatic rings. The van der Waals surface area contributed by atoms with Gasteiger partial charge in [-0.3, -0.25) is 4.99 Å². The highest BCUT2D eigenvalue weighted by Gasteiger charge is 2.35. The monoisotopic (exact) mass is 533 g/mol. The Labute approximate surface area is 197 Å². The van der Waals surface area contributed by atoms with Crippen molar-refractivity contribution in [3.05, 3.63) is 23.8 Å². The normalized spacial score (nSPS) is 17.3. The number of hydrogen-bond acceptors (Lipinski definition) is 5. The van der Waals surface area contributed by atoms with Crippen LogP contribution in [-0.4, -0.2) is 59.3 Å². The van der Waals surface area contributed by atoms with Gasteiger partial charge >= 0.3 is 0 Å². The maximum Gasteiger partial charge on any atom is 0.231 e. The number of rotatable bonds is 10. The van der Waals surface area contributed by atoms with Crippen molar-refractivity contribution in [3.8, 4) is 11.5 Å². The summed E-state index contributed by atoms with van der Waals surface area (Å²) in [6, 6.07) is 6.30. The largest absolute Gasteiger partial charge is 0.454 e. The molecule has 1 saturated heterocycles. The Kier molecular flexibility index (Phi) is 11.0. The number of aliphatic imine (C=N–C) groups is 1. The number of hydrogen-bond donors (Lipinski definition) is 2. The molecule has 30 heavy (non-hydrogen) atoms. The summed E-state index contributed by atoms with van der Waals surface area (Å²) in [5.74, 6) is 2.48. The fraction of sp³-hybridized carbons (Fsp3) is 0.682. The van der Waals surface area contributed by atoms with E-state index in [0.717, 1.165) is 82.7 Å². The van der Waals surface area contributed by atoms with E-state index in [1.165, 1.54) is 12.0 Å². The van der Waals surface area contributed by atoms with Crippen molar-refractivity contribution in [1.82, 2.24) is 10.6 Å². The van der Waals surface area contributed by atoms with Crippen LogP contribution >= 0.6 is 24.0 Å². The van der Waals surface area contributed by atoms with Gasteiger partial charge in [-0.2, -0.15) is 0 Å². The number of fused-ring (bicyclic) bond motifs is 1. The number of ether oxygens (including phenoxy) is 4. The molecule has 0 aliphatic carbocycles. The molecular formula is C22H36IN3O4. The Bertz CT molecular complexity index is 666. The maximum absolute atomic E-state index is 5.65. The molecule has 2 N–H and O–H groups in total. The van der Waals surface area contributed by atoms with E-state index in [9.17, 15) is 0 Å². The molecule has 0 aromatic heterocycles. The van der Waals surface area contributed by atoms with Crippen LogP contribution < -0.4 is 20.1 Å². The van der Waals surface area contributed by atoms with Crippen molar-refractivity contribution in [2.75, 3.05) is 53.4 Å². The smallest absolute Gasteiger partial charge is 0.231 e. The molecule has 170 valence electrons. The van der Waals surface area contributed by atoms with Gasteiger partial charge in [-0.1, -0.05) is 19.4 Å². The van der Waals surface area contributed by atoms with Crippen LogP contribution in [0.25, 0.3) is 0 Å². The van der Waals surface area contributed by atoms with Gasteiger partial charge in [0.25, 0.3) is 0 Å². The zero-order valence-electron chi connectivity index (χ0n) is 18.2. The third-order valence-electron chi connectivity index (χ3n) is 5.65. The SMILES string of the molecule is CCCCOCCCNC(=NC)NCC1(c2ccc3c(c2)OCO3)CCOCC1.I. The van der Waals surface area contributed by atoms with Crippen LogP contribution in [0.4, 0.5) is 0 Å². The van der Waals surface area contributed by atoms with Gasteiger partial charge in [0.2, 0.25) is 6.79 Å². The van der Waals surface area contributed by atoms with Crippen LogP contribution in [0.2, 0.25) is 0 Å². The van der Waals surface area contributed by atoms with Crippen LogP contribution in [-0.2, 0) is 14.9 Å². The quantitative estimate of drug-likeness (QED) is 0.208. The summed E-state index contributed by atoms with van der Waals surface area (Å²) in [5.41, 5.74) is 1.25. The van der Waals surface area contributed by atoms with Crippen molar-refractivity contribution >= 4 is 29.9 Å². The average Bonchev–Trinajstić information content (AvgIpc) is 3.24. The van der Waals surface area contributed by atoms with E-state index in [2.05, 4.69) is 34.7 Å². The highest BCUT2D eigenvalue weighted by atomic mass is 127. The third kappa shape index (κ3) is 6.88. The molecule has 0 bridgehead atoms. The minimum atomic E-state index is -0.0138. The Hall–Kier alpha value is -1.26. The minimum absolute atomic E-state index is 0.